The maximum Gasteiger partial charge on any atom is 0.0339 e. The van der Waals surface area contributed by atoms with Crippen LogP contribution in [0.25, 0.3) is 0 Å². The van der Waals surface area contributed by atoms with E-state index in [0.717, 1.165) is 0 Å². The van der Waals surface area contributed by atoms with E-state index >= 15 is 0 Å². The first-order valence-corrected chi connectivity index (χ1v) is 4.73. The van der Waals surface area contributed by atoms with E-state index in [0.29, 0.717) is 0 Å². The molecule has 1 rings (SSSR count). The van der Waals surface area contributed by atoms with Crippen LogP contribution in [0.3, 0.4) is 0 Å². The molecule has 0 bridgehead atoms. The van der Waals surface area contributed by atoms with Gasteiger partial charge in [0.2, 0.25) is 0 Å². The van der Waals surface area contributed by atoms with Gasteiger partial charge < -0.3 is 5.73 Å². The maximum atomic E-state index is 6.16. The van der Waals surface area contributed by atoms with Crippen molar-refractivity contribution in [1.82, 2.24) is 0 Å². The molecule has 0 heterocycles. The Kier molecular flexibility index (Phi) is 3.13. The van der Waals surface area contributed by atoms with Gasteiger partial charge in [0.15, 0.2) is 0 Å². The highest BCUT2D eigenvalue weighted by Gasteiger charge is 2.21. The molecule has 11 heavy (non-hydrogen) atoms. The van der Waals surface area contributed by atoms with Gasteiger partial charge in [-0.2, -0.15) is 0 Å². The van der Waals surface area contributed by atoms with Crippen LogP contribution in [0.5, 0.6) is 0 Å². The van der Waals surface area contributed by atoms with Crippen molar-refractivity contribution < 1.29 is 0 Å². The Morgan fingerprint density at radius 3 is 2.91 bits per heavy atom. The molecule has 0 radical (unpaired) electrons. The summed E-state index contributed by atoms with van der Waals surface area (Å²) in [6, 6.07) is 0. The van der Waals surface area contributed by atoms with E-state index in [1.165, 1.54) is 38.5 Å². The van der Waals surface area contributed by atoms with E-state index in [4.69, 9.17) is 5.73 Å². The summed E-state index contributed by atoms with van der Waals surface area (Å²) >= 11 is 0. The quantitative estimate of drug-likeness (QED) is 0.620. The van der Waals surface area contributed by atoms with E-state index in [9.17, 15) is 0 Å². The van der Waals surface area contributed by atoms with Gasteiger partial charge in [0.25, 0.3) is 0 Å². The van der Waals surface area contributed by atoms with E-state index < -0.39 is 0 Å². The maximum absolute atomic E-state index is 6.16. The van der Waals surface area contributed by atoms with Crippen LogP contribution in [-0.2, 0) is 0 Å². The van der Waals surface area contributed by atoms with Gasteiger partial charge >= 0.3 is 0 Å². The molecule has 0 saturated heterocycles. The standard InChI is InChI=1S/C10H19N/c1-2-3-7-10(11)8-5-4-6-9-10/h5,8H,2-4,6-7,9,11H2,1H3. The smallest absolute Gasteiger partial charge is 0.0339 e. The Balaban J connectivity index is 2.37. The fourth-order valence-electron chi connectivity index (χ4n) is 1.66. The van der Waals surface area contributed by atoms with E-state index in [1.54, 1.807) is 0 Å². The molecular weight excluding hydrogens is 134 g/mol. The predicted octanol–water partition coefficient (Wildman–Crippen LogP) is 2.61. The van der Waals surface area contributed by atoms with Crippen LogP contribution in [0, 0.1) is 0 Å². The summed E-state index contributed by atoms with van der Waals surface area (Å²) in [6.07, 6.45) is 11.8. The summed E-state index contributed by atoms with van der Waals surface area (Å²) in [7, 11) is 0. The Bertz CT molecular complexity index is 140. The topological polar surface area (TPSA) is 26.0 Å². The molecule has 2 N–H and O–H groups in total. The van der Waals surface area contributed by atoms with Crippen molar-refractivity contribution in [1.29, 1.82) is 0 Å². The molecule has 0 spiro atoms. The number of unbranched alkanes of at least 4 members (excludes halogenated alkanes) is 1. The lowest BCUT2D eigenvalue weighted by molar-refractivity contribution is 0.409. The monoisotopic (exact) mass is 153 g/mol. The van der Waals surface area contributed by atoms with Gasteiger partial charge in [0.05, 0.1) is 0 Å². The Morgan fingerprint density at radius 2 is 2.36 bits per heavy atom. The van der Waals surface area contributed by atoms with Gasteiger partial charge in [0, 0.05) is 5.54 Å². The van der Waals surface area contributed by atoms with Crippen molar-refractivity contribution in [3.8, 4) is 0 Å². The Hall–Kier alpha value is -0.300. The van der Waals surface area contributed by atoms with Gasteiger partial charge in [-0.05, 0) is 25.7 Å². The molecular formula is C10H19N. The fourth-order valence-corrected chi connectivity index (χ4v) is 1.66. The molecule has 1 nitrogen and oxygen atoms in total. The summed E-state index contributed by atoms with van der Waals surface area (Å²) in [5, 5.41) is 0. The normalized spacial score (nSPS) is 30.7. The second-order valence-electron chi connectivity index (χ2n) is 3.63. The first-order chi connectivity index (χ1) is 5.27. The summed E-state index contributed by atoms with van der Waals surface area (Å²) < 4.78 is 0. The Morgan fingerprint density at radius 1 is 1.55 bits per heavy atom. The van der Waals surface area contributed by atoms with Crippen molar-refractivity contribution in [3.63, 3.8) is 0 Å². The van der Waals surface area contributed by atoms with Gasteiger partial charge in [-0.25, -0.2) is 0 Å². The molecule has 1 atom stereocenters. The van der Waals surface area contributed by atoms with Crippen molar-refractivity contribution in [3.05, 3.63) is 12.2 Å². The van der Waals surface area contributed by atoms with Gasteiger partial charge in [-0.15, -0.1) is 0 Å². The molecule has 0 aromatic carbocycles. The zero-order valence-corrected chi connectivity index (χ0v) is 7.47. The third kappa shape index (κ3) is 2.66. The average Bonchev–Trinajstić information content (AvgIpc) is 2.03. The van der Waals surface area contributed by atoms with E-state index in [2.05, 4.69) is 19.1 Å². The number of allylic oxidation sites excluding steroid dienone is 1. The van der Waals surface area contributed by atoms with Gasteiger partial charge in [0.1, 0.15) is 0 Å². The van der Waals surface area contributed by atoms with Crippen LogP contribution in [0.2, 0.25) is 0 Å². The molecule has 0 aromatic heterocycles. The highest BCUT2D eigenvalue weighted by atomic mass is 14.7. The minimum atomic E-state index is 0.0499. The highest BCUT2D eigenvalue weighted by molar-refractivity contribution is 5.07. The second-order valence-corrected chi connectivity index (χ2v) is 3.63. The predicted molar refractivity (Wildman–Crippen MR) is 49.4 cm³/mol. The molecule has 1 unspecified atom stereocenters. The lowest BCUT2D eigenvalue weighted by atomic mass is 9.84. The first kappa shape index (κ1) is 8.79. The third-order valence-corrected chi connectivity index (χ3v) is 2.46. The molecule has 0 aromatic rings. The third-order valence-electron chi connectivity index (χ3n) is 2.46. The van der Waals surface area contributed by atoms with E-state index in [1.807, 2.05) is 0 Å². The number of hydrogen-bond donors (Lipinski definition) is 1. The fraction of sp³-hybridized carbons (Fsp3) is 0.800. The summed E-state index contributed by atoms with van der Waals surface area (Å²) in [5.41, 5.74) is 6.21. The van der Waals surface area contributed by atoms with E-state index in [-0.39, 0.29) is 5.54 Å². The van der Waals surface area contributed by atoms with Crippen molar-refractivity contribution in [2.75, 3.05) is 0 Å². The molecule has 0 amide bonds. The van der Waals surface area contributed by atoms with Crippen molar-refractivity contribution >= 4 is 0 Å². The largest absolute Gasteiger partial charge is 0.322 e. The van der Waals surface area contributed by atoms with Crippen LogP contribution in [0.1, 0.15) is 45.4 Å². The van der Waals surface area contributed by atoms with Crippen molar-refractivity contribution in [2.45, 2.75) is 51.0 Å². The molecule has 0 fully saturated rings. The Labute approximate surface area is 69.7 Å². The minimum absolute atomic E-state index is 0.0499. The zero-order chi connectivity index (χ0) is 8.16. The van der Waals surface area contributed by atoms with Crippen molar-refractivity contribution in [2.24, 2.45) is 5.73 Å². The lowest BCUT2D eigenvalue weighted by Crippen LogP contribution is -2.38. The molecule has 1 aliphatic rings. The lowest BCUT2D eigenvalue weighted by Gasteiger charge is -2.28. The van der Waals surface area contributed by atoms with Crippen LogP contribution >= 0.6 is 0 Å². The number of nitrogens with two attached hydrogens (primary N) is 1. The number of hydrogen-bond acceptors (Lipinski definition) is 1. The first-order valence-electron chi connectivity index (χ1n) is 4.73. The van der Waals surface area contributed by atoms with Crippen LogP contribution in [-0.4, -0.2) is 5.54 Å². The summed E-state index contributed by atoms with van der Waals surface area (Å²) in [5.74, 6) is 0. The minimum Gasteiger partial charge on any atom is -0.322 e. The molecule has 0 saturated carbocycles. The van der Waals surface area contributed by atoms with Gasteiger partial charge in [-0.1, -0.05) is 31.9 Å². The summed E-state index contributed by atoms with van der Waals surface area (Å²) in [4.78, 5) is 0. The van der Waals surface area contributed by atoms with Gasteiger partial charge in [-0.3, -0.25) is 0 Å². The molecule has 1 heteroatoms. The van der Waals surface area contributed by atoms with Crippen LogP contribution < -0.4 is 5.73 Å². The molecule has 1 aliphatic carbocycles. The SMILES string of the molecule is CCCCC1(N)C=CCCC1. The molecule has 0 aliphatic heterocycles. The zero-order valence-electron chi connectivity index (χ0n) is 7.47. The molecule has 64 valence electrons. The summed E-state index contributed by atoms with van der Waals surface area (Å²) in [6.45, 7) is 2.22. The highest BCUT2D eigenvalue weighted by Crippen LogP contribution is 2.24. The van der Waals surface area contributed by atoms with Crippen LogP contribution in [0.4, 0.5) is 0 Å². The average molecular weight is 153 g/mol. The second kappa shape index (κ2) is 3.91. The number of rotatable bonds is 3. The van der Waals surface area contributed by atoms with Crippen LogP contribution in [0.15, 0.2) is 12.2 Å².